The average Bonchev–Trinajstić information content (AvgIpc) is 2.22. The minimum atomic E-state index is -3.38. The first-order chi connectivity index (χ1) is 7.94. The number of halogens is 1. The predicted molar refractivity (Wildman–Crippen MR) is 67.1 cm³/mol. The van der Waals surface area contributed by atoms with Crippen LogP contribution in [0.5, 0.6) is 0 Å². The van der Waals surface area contributed by atoms with Crippen molar-refractivity contribution in [3.05, 3.63) is 29.6 Å². The van der Waals surface area contributed by atoms with E-state index in [1.807, 2.05) is 6.92 Å². The first-order valence-corrected chi connectivity index (χ1v) is 7.07. The largest absolute Gasteiger partial charge is 0.316 e. The third kappa shape index (κ3) is 4.70. The average molecular weight is 260 g/mol. The number of rotatable bonds is 6. The molecule has 0 spiro atoms. The van der Waals surface area contributed by atoms with E-state index in [1.54, 1.807) is 6.92 Å². The summed E-state index contributed by atoms with van der Waals surface area (Å²) in [5.74, 6) is -0.379. The monoisotopic (exact) mass is 260 g/mol. The van der Waals surface area contributed by atoms with Gasteiger partial charge in [-0.1, -0.05) is 6.92 Å². The Labute approximate surface area is 101 Å². The van der Waals surface area contributed by atoms with Crippen LogP contribution < -0.4 is 10.0 Å². The molecule has 1 aromatic carbocycles. The number of nitrogens with one attached hydrogen (secondary N) is 2. The summed E-state index contributed by atoms with van der Waals surface area (Å²) in [5, 5.41) is 2.93. The van der Waals surface area contributed by atoms with Gasteiger partial charge in [0.25, 0.3) is 0 Å². The highest BCUT2D eigenvalue weighted by atomic mass is 32.2. The Morgan fingerprint density at radius 1 is 1.35 bits per heavy atom. The van der Waals surface area contributed by atoms with Gasteiger partial charge in [-0.05, 0) is 37.2 Å². The Balaban J connectivity index is 2.69. The molecule has 2 N–H and O–H groups in total. The van der Waals surface area contributed by atoms with Crippen molar-refractivity contribution >= 4 is 15.7 Å². The molecule has 17 heavy (non-hydrogen) atoms. The summed E-state index contributed by atoms with van der Waals surface area (Å²) in [6.07, 6.45) is 0. The zero-order valence-corrected chi connectivity index (χ0v) is 10.8. The standard InChI is InChI=1S/C11H17FN2O2S/c1-3-13-6-7-17(15,16)14-11-5-4-10(12)8-9(11)2/h4-5,8,13-14H,3,6-7H2,1-2H3. The van der Waals surface area contributed by atoms with Crippen LogP contribution in [0.4, 0.5) is 10.1 Å². The molecule has 0 saturated heterocycles. The predicted octanol–water partition coefficient (Wildman–Crippen LogP) is 1.49. The van der Waals surface area contributed by atoms with Gasteiger partial charge in [0, 0.05) is 6.54 Å². The van der Waals surface area contributed by atoms with Crippen LogP contribution in [0.3, 0.4) is 0 Å². The van der Waals surface area contributed by atoms with E-state index in [4.69, 9.17) is 0 Å². The molecule has 0 radical (unpaired) electrons. The van der Waals surface area contributed by atoms with Crippen LogP contribution >= 0.6 is 0 Å². The highest BCUT2D eigenvalue weighted by Crippen LogP contribution is 2.16. The fourth-order valence-electron chi connectivity index (χ4n) is 1.34. The quantitative estimate of drug-likeness (QED) is 0.762. The maximum Gasteiger partial charge on any atom is 0.233 e. The van der Waals surface area contributed by atoms with E-state index >= 15 is 0 Å². The maximum absolute atomic E-state index is 12.8. The summed E-state index contributed by atoms with van der Waals surface area (Å²) in [6.45, 7) is 4.69. The smallest absolute Gasteiger partial charge is 0.233 e. The lowest BCUT2D eigenvalue weighted by atomic mass is 10.2. The Bertz CT molecular complexity index is 474. The molecule has 0 aliphatic rings. The molecule has 1 aromatic rings. The number of sulfonamides is 1. The minimum absolute atomic E-state index is 0.00232. The first kappa shape index (κ1) is 13.9. The third-order valence-corrected chi connectivity index (χ3v) is 3.52. The van der Waals surface area contributed by atoms with Crippen molar-refractivity contribution in [3.63, 3.8) is 0 Å². The van der Waals surface area contributed by atoms with Gasteiger partial charge >= 0.3 is 0 Å². The van der Waals surface area contributed by atoms with E-state index in [-0.39, 0.29) is 11.6 Å². The van der Waals surface area contributed by atoms with Crippen molar-refractivity contribution < 1.29 is 12.8 Å². The van der Waals surface area contributed by atoms with Crippen LogP contribution in [-0.2, 0) is 10.0 Å². The van der Waals surface area contributed by atoms with Gasteiger partial charge in [0.1, 0.15) is 5.82 Å². The zero-order chi connectivity index (χ0) is 12.9. The van der Waals surface area contributed by atoms with E-state index in [2.05, 4.69) is 10.0 Å². The van der Waals surface area contributed by atoms with Gasteiger partial charge < -0.3 is 5.32 Å². The molecule has 0 fully saturated rings. The maximum atomic E-state index is 12.8. The number of benzene rings is 1. The van der Waals surface area contributed by atoms with Gasteiger partial charge in [0.15, 0.2) is 0 Å². The van der Waals surface area contributed by atoms with Gasteiger partial charge in [0.05, 0.1) is 11.4 Å². The highest BCUT2D eigenvalue weighted by molar-refractivity contribution is 7.92. The molecule has 0 aliphatic heterocycles. The van der Waals surface area contributed by atoms with E-state index < -0.39 is 10.0 Å². The fourth-order valence-corrected chi connectivity index (χ4v) is 2.42. The van der Waals surface area contributed by atoms with Crippen LogP contribution in [0.2, 0.25) is 0 Å². The van der Waals surface area contributed by atoms with Crippen LogP contribution in [0.1, 0.15) is 12.5 Å². The summed E-state index contributed by atoms with van der Waals surface area (Å²) in [6, 6.07) is 3.95. The molecule has 6 heteroatoms. The van der Waals surface area contributed by atoms with Crippen molar-refractivity contribution in [1.29, 1.82) is 0 Å². The number of hydrogen-bond acceptors (Lipinski definition) is 3. The zero-order valence-electron chi connectivity index (χ0n) is 9.96. The van der Waals surface area contributed by atoms with Crippen molar-refractivity contribution in [2.75, 3.05) is 23.6 Å². The van der Waals surface area contributed by atoms with Gasteiger partial charge in [-0.15, -0.1) is 0 Å². The van der Waals surface area contributed by atoms with E-state index in [0.29, 0.717) is 17.8 Å². The lowest BCUT2D eigenvalue weighted by Gasteiger charge is -2.10. The lowest BCUT2D eigenvalue weighted by molar-refractivity contribution is 0.597. The Morgan fingerprint density at radius 2 is 2.06 bits per heavy atom. The topological polar surface area (TPSA) is 58.2 Å². The van der Waals surface area contributed by atoms with Crippen molar-refractivity contribution in [2.24, 2.45) is 0 Å². The minimum Gasteiger partial charge on any atom is -0.316 e. The molecular weight excluding hydrogens is 243 g/mol. The van der Waals surface area contributed by atoms with Gasteiger partial charge in [-0.3, -0.25) is 4.72 Å². The summed E-state index contributed by atoms with van der Waals surface area (Å²) >= 11 is 0. The van der Waals surface area contributed by atoms with Crippen LogP contribution in [0.15, 0.2) is 18.2 Å². The van der Waals surface area contributed by atoms with Crippen molar-refractivity contribution in [1.82, 2.24) is 5.32 Å². The summed E-state index contributed by atoms with van der Waals surface area (Å²) in [4.78, 5) is 0. The fraction of sp³-hybridized carbons (Fsp3) is 0.455. The molecule has 4 nitrogen and oxygen atoms in total. The molecule has 96 valence electrons. The molecule has 0 atom stereocenters. The molecule has 0 bridgehead atoms. The van der Waals surface area contributed by atoms with Gasteiger partial charge in [0.2, 0.25) is 10.0 Å². The third-order valence-electron chi connectivity index (χ3n) is 2.25. The van der Waals surface area contributed by atoms with Gasteiger partial charge in [-0.25, -0.2) is 12.8 Å². The molecule has 0 amide bonds. The lowest BCUT2D eigenvalue weighted by Crippen LogP contribution is -2.26. The Kier molecular flexibility index (Phi) is 4.89. The highest BCUT2D eigenvalue weighted by Gasteiger charge is 2.11. The van der Waals surface area contributed by atoms with Crippen LogP contribution in [-0.4, -0.2) is 27.3 Å². The molecule has 0 heterocycles. The summed E-state index contributed by atoms with van der Waals surface area (Å²) in [7, 11) is -3.38. The number of hydrogen-bond donors (Lipinski definition) is 2. The molecule has 0 unspecified atom stereocenters. The van der Waals surface area contributed by atoms with Crippen LogP contribution in [0.25, 0.3) is 0 Å². The van der Waals surface area contributed by atoms with Crippen molar-refractivity contribution in [2.45, 2.75) is 13.8 Å². The Hall–Kier alpha value is -1.14. The summed E-state index contributed by atoms with van der Waals surface area (Å²) < 4.78 is 38.6. The second kappa shape index (κ2) is 5.97. The summed E-state index contributed by atoms with van der Waals surface area (Å²) in [5.41, 5.74) is 0.986. The Morgan fingerprint density at radius 3 is 2.65 bits per heavy atom. The second-order valence-electron chi connectivity index (χ2n) is 3.73. The van der Waals surface area contributed by atoms with Crippen molar-refractivity contribution in [3.8, 4) is 0 Å². The normalized spacial score (nSPS) is 11.5. The first-order valence-electron chi connectivity index (χ1n) is 5.42. The van der Waals surface area contributed by atoms with E-state index in [0.717, 1.165) is 6.54 Å². The molecular formula is C11H17FN2O2S. The van der Waals surface area contributed by atoms with Gasteiger partial charge in [-0.2, -0.15) is 0 Å². The number of aryl methyl sites for hydroxylation is 1. The molecule has 0 saturated carbocycles. The second-order valence-corrected chi connectivity index (χ2v) is 5.58. The van der Waals surface area contributed by atoms with Crippen LogP contribution in [0, 0.1) is 12.7 Å². The molecule has 0 aromatic heterocycles. The van der Waals surface area contributed by atoms with E-state index in [1.165, 1.54) is 18.2 Å². The molecule has 1 rings (SSSR count). The van der Waals surface area contributed by atoms with E-state index in [9.17, 15) is 12.8 Å². The number of anilines is 1. The molecule has 0 aliphatic carbocycles. The SMILES string of the molecule is CCNCCS(=O)(=O)Nc1ccc(F)cc1C.